The van der Waals surface area contributed by atoms with Crippen LogP contribution in [-0.2, 0) is 14.8 Å². The molecule has 1 N–H and O–H groups in total. The van der Waals surface area contributed by atoms with Crippen LogP contribution in [0.4, 0.5) is 0 Å². The Balaban J connectivity index is 0.00000264. The molecule has 0 radical (unpaired) electrons. The highest BCUT2D eigenvalue weighted by Gasteiger charge is 2.32. The van der Waals surface area contributed by atoms with E-state index in [9.17, 15) is 13.2 Å². The molecule has 0 saturated carbocycles. The van der Waals surface area contributed by atoms with Gasteiger partial charge >= 0.3 is 5.97 Å². The number of hydrogen-bond donors (Lipinski definition) is 1. The molecule has 9 heteroatoms. The molecule has 0 aromatic heterocycles. The number of hydrogen-bond acceptors (Lipinski definition) is 5. The van der Waals surface area contributed by atoms with Crippen molar-refractivity contribution in [3.63, 3.8) is 0 Å². The van der Waals surface area contributed by atoms with Crippen LogP contribution in [0.2, 0.25) is 5.02 Å². The summed E-state index contributed by atoms with van der Waals surface area (Å²) in [4.78, 5) is 11.8. The van der Waals surface area contributed by atoms with E-state index in [4.69, 9.17) is 11.6 Å². The molecule has 1 atom stereocenters. The first-order chi connectivity index (χ1) is 10.4. The van der Waals surface area contributed by atoms with Gasteiger partial charge in [-0.05, 0) is 38.1 Å². The van der Waals surface area contributed by atoms with E-state index < -0.39 is 16.0 Å². The Bertz CT molecular complexity index is 667. The average Bonchev–Trinajstić information content (AvgIpc) is 2.53. The van der Waals surface area contributed by atoms with Gasteiger partial charge < -0.3 is 10.1 Å². The van der Waals surface area contributed by atoms with Gasteiger partial charge in [0.1, 0.15) is 0 Å². The van der Waals surface area contributed by atoms with Gasteiger partial charge in [-0.25, -0.2) is 13.2 Å². The Kier molecular flexibility index (Phi) is 7.29. The van der Waals surface area contributed by atoms with Crippen LogP contribution >= 0.6 is 24.0 Å². The predicted octanol–water partition coefficient (Wildman–Crippen LogP) is 1.92. The molecule has 1 unspecified atom stereocenters. The van der Waals surface area contributed by atoms with Gasteiger partial charge in [-0.3, -0.25) is 0 Å². The molecule has 1 aromatic carbocycles. The maximum atomic E-state index is 12.8. The second-order valence-corrected chi connectivity index (χ2v) is 7.47. The van der Waals surface area contributed by atoms with E-state index in [1.165, 1.54) is 29.6 Å². The zero-order chi connectivity index (χ0) is 16.3. The van der Waals surface area contributed by atoms with Gasteiger partial charge in [-0.2, -0.15) is 4.31 Å². The molecule has 1 heterocycles. The average molecular weight is 383 g/mol. The summed E-state index contributed by atoms with van der Waals surface area (Å²) in [5, 5.41) is 3.38. The van der Waals surface area contributed by atoms with Crippen molar-refractivity contribution in [1.29, 1.82) is 0 Å². The first-order valence-corrected chi connectivity index (χ1v) is 8.77. The van der Waals surface area contributed by atoms with Gasteiger partial charge in [-0.15, -0.1) is 12.4 Å². The first-order valence-electron chi connectivity index (χ1n) is 6.95. The minimum Gasteiger partial charge on any atom is -0.465 e. The number of ether oxygens (including phenoxy) is 1. The monoisotopic (exact) mass is 382 g/mol. The number of carbonyl (C=O) groups excluding carboxylic acids is 1. The van der Waals surface area contributed by atoms with Crippen LogP contribution in [0.5, 0.6) is 0 Å². The largest absolute Gasteiger partial charge is 0.465 e. The Morgan fingerprint density at radius 1 is 1.43 bits per heavy atom. The molecule has 2 rings (SSSR count). The quantitative estimate of drug-likeness (QED) is 0.805. The Morgan fingerprint density at radius 2 is 2.13 bits per heavy atom. The maximum absolute atomic E-state index is 12.8. The zero-order valence-electron chi connectivity index (χ0n) is 12.9. The van der Waals surface area contributed by atoms with Gasteiger partial charge in [0.25, 0.3) is 0 Å². The third kappa shape index (κ3) is 4.36. The number of esters is 1. The van der Waals surface area contributed by atoms with Crippen molar-refractivity contribution in [2.45, 2.75) is 23.8 Å². The van der Waals surface area contributed by atoms with Crippen molar-refractivity contribution >= 4 is 40.0 Å². The molecule has 0 aliphatic carbocycles. The third-order valence-electron chi connectivity index (χ3n) is 3.76. The molecule has 1 saturated heterocycles. The van der Waals surface area contributed by atoms with E-state index in [2.05, 4.69) is 10.1 Å². The van der Waals surface area contributed by atoms with Crippen LogP contribution in [0.25, 0.3) is 0 Å². The second-order valence-electron chi connectivity index (χ2n) is 5.12. The van der Waals surface area contributed by atoms with Crippen LogP contribution in [0, 0.1) is 0 Å². The summed E-state index contributed by atoms with van der Waals surface area (Å²) < 4.78 is 31.8. The topological polar surface area (TPSA) is 75.7 Å². The third-order valence-corrected chi connectivity index (χ3v) is 5.92. The summed E-state index contributed by atoms with van der Waals surface area (Å²) in [6, 6.07) is 4.24. The van der Waals surface area contributed by atoms with Crippen molar-refractivity contribution in [2.75, 3.05) is 27.2 Å². The lowest BCUT2D eigenvalue weighted by Gasteiger charge is -2.32. The summed E-state index contributed by atoms with van der Waals surface area (Å²) in [7, 11) is -0.759. The number of nitrogens with zero attached hydrogens (tertiary/aromatic N) is 1. The van der Waals surface area contributed by atoms with E-state index in [-0.39, 0.29) is 33.9 Å². The van der Waals surface area contributed by atoms with Crippen LogP contribution in [0.3, 0.4) is 0 Å². The normalized spacial score (nSPS) is 19.0. The van der Waals surface area contributed by atoms with E-state index in [1.807, 2.05) is 7.05 Å². The summed E-state index contributed by atoms with van der Waals surface area (Å²) in [5.74, 6) is -0.719. The van der Waals surface area contributed by atoms with Gasteiger partial charge in [0.2, 0.25) is 10.0 Å². The number of halogens is 2. The molecule has 0 amide bonds. The Labute approximate surface area is 147 Å². The number of methoxy groups -OCH3 is 1. The molecule has 0 spiro atoms. The first kappa shape index (κ1) is 20.2. The fourth-order valence-electron chi connectivity index (χ4n) is 2.53. The summed E-state index contributed by atoms with van der Waals surface area (Å²) in [5.41, 5.74) is -0.0402. The van der Waals surface area contributed by atoms with Crippen LogP contribution < -0.4 is 5.32 Å². The number of sulfonamides is 1. The number of likely N-dealkylation sites (N-methyl/N-ethyl adjacent to an activating group) is 1. The molecule has 0 bridgehead atoms. The molecule has 1 aliphatic heterocycles. The number of rotatable bonds is 4. The fraction of sp³-hybridized carbons (Fsp3) is 0.500. The highest BCUT2D eigenvalue weighted by Crippen LogP contribution is 2.26. The molecule has 6 nitrogen and oxygen atoms in total. The smallest absolute Gasteiger partial charge is 0.339 e. The van der Waals surface area contributed by atoms with E-state index in [0.717, 1.165) is 12.8 Å². The van der Waals surface area contributed by atoms with Crippen molar-refractivity contribution in [3.05, 3.63) is 28.8 Å². The molecule has 1 aliphatic rings. The van der Waals surface area contributed by atoms with Crippen molar-refractivity contribution < 1.29 is 17.9 Å². The van der Waals surface area contributed by atoms with Crippen molar-refractivity contribution in [1.82, 2.24) is 9.62 Å². The summed E-state index contributed by atoms with van der Waals surface area (Å²) >= 11 is 5.87. The lowest BCUT2D eigenvalue weighted by molar-refractivity contribution is 0.0596. The van der Waals surface area contributed by atoms with Crippen LogP contribution in [0.1, 0.15) is 23.2 Å². The van der Waals surface area contributed by atoms with Crippen LogP contribution in [0.15, 0.2) is 23.1 Å². The number of carbonyl (C=O) groups is 1. The second kappa shape index (κ2) is 8.30. The minimum absolute atomic E-state index is 0. The van der Waals surface area contributed by atoms with Crippen molar-refractivity contribution in [2.24, 2.45) is 0 Å². The molecule has 130 valence electrons. The highest BCUT2D eigenvalue weighted by atomic mass is 35.5. The molecule has 1 aromatic rings. The van der Waals surface area contributed by atoms with E-state index in [1.54, 1.807) is 0 Å². The fourth-order valence-corrected chi connectivity index (χ4v) is 4.39. The summed E-state index contributed by atoms with van der Waals surface area (Å²) in [6.07, 6.45) is 1.69. The number of nitrogens with one attached hydrogen (secondary N) is 1. The molecular weight excluding hydrogens is 363 g/mol. The van der Waals surface area contributed by atoms with Crippen LogP contribution in [-0.4, -0.2) is 52.0 Å². The standard InChI is InChI=1S/C14H19ClN2O4S.ClH/c1-16-11-4-3-7-17(9-11)22(19,20)13-6-5-10(15)8-12(13)14(18)21-2;/h5-6,8,11,16H,3-4,7,9H2,1-2H3;1H. The predicted molar refractivity (Wildman–Crippen MR) is 90.9 cm³/mol. The van der Waals surface area contributed by atoms with Gasteiger partial charge in [0.15, 0.2) is 0 Å². The molecule has 23 heavy (non-hydrogen) atoms. The maximum Gasteiger partial charge on any atom is 0.339 e. The highest BCUT2D eigenvalue weighted by molar-refractivity contribution is 7.89. The summed E-state index contributed by atoms with van der Waals surface area (Å²) in [6.45, 7) is 0.811. The Hall–Kier alpha value is -0.860. The van der Waals surface area contributed by atoms with Gasteiger partial charge in [0, 0.05) is 24.2 Å². The lowest BCUT2D eigenvalue weighted by Crippen LogP contribution is -2.47. The lowest BCUT2D eigenvalue weighted by atomic mass is 10.1. The van der Waals surface area contributed by atoms with Crippen molar-refractivity contribution in [3.8, 4) is 0 Å². The number of benzene rings is 1. The Morgan fingerprint density at radius 3 is 2.74 bits per heavy atom. The van der Waals surface area contributed by atoms with Gasteiger partial charge in [0.05, 0.1) is 17.6 Å². The molecular formula is C14H20Cl2N2O4S. The van der Waals surface area contributed by atoms with Gasteiger partial charge in [-0.1, -0.05) is 11.6 Å². The van der Waals surface area contributed by atoms with E-state index in [0.29, 0.717) is 13.1 Å². The number of piperidine rings is 1. The minimum atomic E-state index is -3.77. The SMILES string of the molecule is CNC1CCCN(S(=O)(=O)c2ccc(Cl)cc2C(=O)OC)C1.Cl. The molecule has 1 fully saturated rings. The van der Waals surface area contributed by atoms with E-state index >= 15 is 0 Å². The zero-order valence-corrected chi connectivity index (χ0v) is 15.3.